The standard InChI is InChI=1S/C4H2ClS.BrH.Zn/c5-4-2-1-3-6-4;;/h1,3H;1H;/q-1;;+2/p-1. The van der Waals surface area contributed by atoms with Gasteiger partial charge in [-0.2, -0.15) is 5.38 Å². The van der Waals surface area contributed by atoms with Gasteiger partial charge in [-0.25, -0.2) is 12.1 Å². The molecule has 1 rings (SSSR count). The van der Waals surface area contributed by atoms with Crippen LogP contribution in [-0.4, -0.2) is 0 Å². The molecule has 0 atom stereocenters. The molecular formula is C4H2BrClSZn. The number of thiophene rings is 1. The van der Waals surface area contributed by atoms with E-state index < -0.39 is 0 Å². The van der Waals surface area contributed by atoms with E-state index in [1.807, 2.05) is 5.38 Å². The molecule has 0 N–H and O–H groups in total. The van der Waals surface area contributed by atoms with Crippen molar-refractivity contribution in [3.8, 4) is 0 Å². The monoisotopic (exact) mass is 260 g/mol. The van der Waals surface area contributed by atoms with Gasteiger partial charge in [0.1, 0.15) is 0 Å². The molecule has 0 spiro atoms. The Hall–Kier alpha value is 1.09. The van der Waals surface area contributed by atoms with Crippen molar-refractivity contribution < 1.29 is 16.3 Å². The second kappa shape index (κ2) is 6.22. The molecule has 0 radical (unpaired) electrons. The van der Waals surface area contributed by atoms with Gasteiger partial charge in [0.2, 0.25) is 0 Å². The topological polar surface area (TPSA) is 0 Å². The van der Waals surface area contributed by atoms with Gasteiger partial charge in [0, 0.05) is 0 Å². The van der Waals surface area contributed by atoms with Crippen molar-refractivity contribution >= 4 is 36.6 Å². The number of halogens is 2. The second-order valence-corrected chi connectivity index (χ2v) is 2.36. The fraction of sp³-hybridized carbons (Fsp3) is 0. The van der Waals surface area contributed by atoms with Crippen LogP contribution in [0.2, 0.25) is 4.34 Å². The molecule has 0 bridgehead atoms. The SMILES string of the molecule is Clc1[c-]ccs1.[Zn+][Br]. The molecule has 1 aromatic rings. The second-order valence-electron chi connectivity index (χ2n) is 0.839. The van der Waals surface area contributed by atoms with E-state index in [0.717, 1.165) is 4.34 Å². The summed E-state index contributed by atoms with van der Waals surface area (Å²) >= 11 is 11.2. The Bertz CT molecular complexity index is 120. The molecule has 0 saturated heterocycles. The Kier molecular flexibility index (Phi) is 7.07. The van der Waals surface area contributed by atoms with Crippen LogP contribution in [-0.2, 0) is 16.3 Å². The predicted octanol–water partition coefficient (Wildman–Crippen LogP) is 3.04. The molecule has 40 valence electrons. The van der Waals surface area contributed by atoms with E-state index in [4.69, 9.17) is 11.6 Å². The van der Waals surface area contributed by atoms with Crippen molar-refractivity contribution in [2.24, 2.45) is 0 Å². The number of hydrogen-bond acceptors (Lipinski definition) is 1. The molecule has 0 amide bonds. The van der Waals surface area contributed by atoms with Crippen LogP contribution in [0.3, 0.4) is 0 Å². The van der Waals surface area contributed by atoms with Gasteiger partial charge in [-0.05, 0) is 4.34 Å². The normalized spacial score (nSPS) is 7.50. The molecular weight excluding hydrogens is 261 g/mol. The average Bonchev–Trinajstić information content (AvgIpc) is 2.24. The zero-order valence-corrected chi connectivity index (χ0v) is 10.2. The van der Waals surface area contributed by atoms with Crippen LogP contribution in [0, 0.1) is 6.07 Å². The molecule has 0 unspecified atom stereocenters. The zero-order chi connectivity index (χ0) is 6.41. The Labute approximate surface area is 74.3 Å². The van der Waals surface area contributed by atoms with Crippen LogP contribution in [0.1, 0.15) is 0 Å². The van der Waals surface area contributed by atoms with Gasteiger partial charge >= 0.3 is 30.0 Å². The van der Waals surface area contributed by atoms with E-state index in [2.05, 4.69) is 19.7 Å². The summed E-state index contributed by atoms with van der Waals surface area (Å²) in [5, 5.41) is 1.89. The average molecular weight is 263 g/mol. The molecule has 4 heteroatoms. The number of rotatable bonds is 0. The van der Waals surface area contributed by atoms with Crippen molar-refractivity contribution in [1.82, 2.24) is 0 Å². The van der Waals surface area contributed by atoms with Crippen molar-refractivity contribution in [2.45, 2.75) is 0 Å². The predicted molar refractivity (Wildman–Crippen MR) is 37.1 cm³/mol. The fourth-order valence-electron chi connectivity index (χ4n) is 0.227. The Morgan fingerprint density at radius 2 is 2.38 bits per heavy atom. The first-order valence-electron chi connectivity index (χ1n) is 1.77. The molecule has 1 aromatic heterocycles. The van der Waals surface area contributed by atoms with E-state index in [1.54, 1.807) is 6.07 Å². The summed E-state index contributed by atoms with van der Waals surface area (Å²) in [4.78, 5) is 0. The molecule has 0 saturated carbocycles. The quantitative estimate of drug-likeness (QED) is 0.498. The molecule has 0 aliphatic rings. The van der Waals surface area contributed by atoms with Crippen LogP contribution < -0.4 is 0 Å². The molecule has 0 fully saturated rings. The van der Waals surface area contributed by atoms with Crippen LogP contribution in [0.15, 0.2) is 11.4 Å². The third-order valence-corrected chi connectivity index (χ3v) is 1.41. The molecule has 0 nitrogen and oxygen atoms in total. The Balaban J connectivity index is 0.000000222. The van der Waals surface area contributed by atoms with Gasteiger partial charge in [0.25, 0.3) is 0 Å². The minimum absolute atomic E-state index is 0.731. The molecule has 0 aliphatic carbocycles. The van der Waals surface area contributed by atoms with Crippen molar-refractivity contribution in [1.29, 1.82) is 0 Å². The van der Waals surface area contributed by atoms with Crippen LogP contribution in [0.5, 0.6) is 0 Å². The first-order valence-corrected chi connectivity index (χ1v) is 9.97. The first kappa shape index (κ1) is 9.09. The van der Waals surface area contributed by atoms with Crippen LogP contribution in [0.25, 0.3) is 0 Å². The third kappa shape index (κ3) is 4.02. The van der Waals surface area contributed by atoms with E-state index in [-0.39, 0.29) is 0 Å². The van der Waals surface area contributed by atoms with Crippen molar-refractivity contribution in [3.63, 3.8) is 0 Å². The molecule has 0 aliphatic heterocycles. The van der Waals surface area contributed by atoms with Gasteiger partial charge in [0.05, 0.1) is 0 Å². The summed E-state index contributed by atoms with van der Waals surface area (Å²) in [6.07, 6.45) is 0. The fourth-order valence-corrected chi connectivity index (χ4v) is 0.836. The van der Waals surface area contributed by atoms with Crippen molar-refractivity contribution in [3.05, 3.63) is 21.8 Å². The molecule has 1 heterocycles. The summed E-state index contributed by atoms with van der Waals surface area (Å²) in [6, 6.07) is 4.58. The third-order valence-electron chi connectivity index (χ3n) is 0.436. The minimum atomic E-state index is 0.731. The van der Waals surface area contributed by atoms with E-state index in [9.17, 15) is 0 Å². The maximum absolute atomic E-state index is 5.42. The van der Waals surface area contributed by atoms with E-state index in [0.29, 0.717) is 0 Å². The van der Waals surface area contributed by atoms with Gasteiger partial charge in [-0.3, -0.25) is 11.3 Å². The van der Waals surface area contributed by atoms with Gasteiger partial charge < -0.3 is 0 Å². The maximum atomic E-state index is 5.42. The first-order chi connectivity index (χ1) is 3.89. The van der Waals surface area contributed by atoms with E-state index in [1.165, 1.54) is 27.7 Å². The van der Waals surface area contributed by atoms with E-state index >= 15 is 0 Å². The summed E-state index contributed by atoms with van der Waals surface area (Å²) in [5.74, 6) is 0. The summed E-state index contributed by atoms with van der Waals surface area (Å²) in [5.41, 5.74) is 0. The van der Waals surface area contributed by atoms with Crippen LogP contribution in [0.4, 0.5) is 0 Å². The van der Waals surface area contributed by atoms with Crippen molar-refractivity contribution in [2.75, 3.05) is 0 Å². The molecule has 0 aromatic carbocycles. The summed E-state index contributed by atoms with van der Waals surface area (Å²) < 4.78 is 0.731. The van der Waals surface area contributed by atoms with Crippen LogP contribution >= 0.6 is 36.6 Å². The summed E-state index contributed by atoms with van der Waals surface area (Å²) in [7, 11) is 0. The number of hydrogen-bond donors (Lipinski definition) is 0. The molecule has 8 heavy (non-hydrogen) atoms. The van der Waals surface area contributed by atoms with Gasteiger partial charge in [-0.1, -0.05) is 11.6 Å². The van der Waals surface area contributed by atoms with Gasteiger partial charge in [0.15, 0.2) is 0 Å². The van der Waals surface area contributed by atoms with Gasteiger partial charge in [-0.15, -0.1) is 0 Å². The Morgan fingerprint density at radius 3 is 2.50 bits per heavy atom. The summed E-state index contributed by atoms with van der Waals surface area (Å²) in [6.45, 7) is 0. The Morgan fingerprint density at radius 1 is 1.75 bits per heavy atom. The zero-order valence-electron chi connectivity index (χ0n) is 4.03.